The van der Waals surface area contributed by atoms with Gasteiger partial charge in [-0.05, 0) is 42.7 Å². The Hall–Kier alpha value is -2.24. The molecule has 2 amide bonds. The van der Waals surface area contributed by atoms with Gasteiger partial charge in [0.25, 0.3) is 5.91 Å². The molecule has 29 heavy (non-hydrogen) atoms. The van der Waals surface area contributed by atoms with Gasteiger partial charge in [-0.2, -0.15) is 0 Å². The lowest BCUT2D eigenvalue weighted by Crippen LogP contribution is -2.49. The number of halogens is 2. The van der Waals surface area contributed by atoms with Crippen molar-refractivity contribution in [3.63, 3.8) is 0 Å². The second kappa shape index (κ2) is 11.1. The predicted octanol–water partition coefficient (Wildman–Crippen LogP) is 4.56. The highest BCUT2D eigenvalue weighted by Crippen LogP contribution is 2.23. The molecule has 0 heterocycles. The van der Waals surface area contributed by atoms with Gasteiger partial charge < -0.3 is 15.0 Å². The average molecular weight is 437 g/mol. The molecule has 2 aromatic carbocycles. The lowest BCUT2D eigenvalue weighted by atomic mass is 10.1. The van der Waals surface area contributed by atoms with Gasteiger partial charge in [-0.3, -0.25) is 9.59 Å². The van der Waals surface area contributed by atoms with Crippen LogP contribution in [0.5, 0.6) is 5.75 Å². The van der Waals surface area contributed by atoms with Crippen LogP contribution in [0.25, 0.3) is 0 Å². The Bertz CT molecular complexity index is 842. The Balaban J connectivity index is 2.14. The molecule has 2 rings (SSSR count). The van der Waals surface area contributed by atoms with Gasteiger partial charge in [0.1, 0.15) is 11.8 Å². The van der Waals surface area contributed by atoms with Crippen molar-refractivity contribution >= 4 is 35.0 Å². The van der Waals surface area contributed by atoms with E-state index in [1.54, 1.807) is 43.3 Å². The number of carbonyl (C=O) groups excluding carboxylic acids is 2. The number of carbonyl (C=O) groups is 2. The molecule has 0 aliphatic carbocycles. The minimum Gasteiger partial charge on any atom is -0.482 e. The zero-order chi connectivity index (χ0) is 21.4. The zero-order valence-corrected chi connectivity index (χ0v) is 18.3. The first-order valence-electron chi connectivity index (χ1n) is 9.47. The highest BCUT2D eigenvalue weighted by molar-refractivity contribution is 6.32. The normalized spacial score (nSPS) is 11.8. The fourth-order valence-corrected chi connectivity index (χ4v) is 3.05. The quantitative estimate of drug-likeness (QED) is 0.626. The van der Waals surface area contributed by atoms with Gasteiger partial charge in [-0.25, -0.2) is 0 Å². The summed E-state index contributed by atoms with van der Waals surface area (Å²) in [6.07, 6.45) is 0. The number of nitrogens with zero attached hydrogens (tertiary/aromatic N) is 1. The number of hydrogen-bond donors (Lipinski definition) is 1. The van der Waals surface area contributed by atoms with Crippen molar-refractivity contribution in [2.24, 2.45) is 5.92 Å². The molecule has 0 spiro atoms. The lowest BCUT2D eigenvalue weighted by molar-refractivity contribution is -0.142. The first-order valence-corrected chi connectivity index (χ1v) is 10.2. The third-order valence-corrected chi connectivity index (χ3v) is 4.83. The van der Waals surface area contributed by atoms with E-state index in [9.17, 15) is 9.59 Å². The number of hydrogen-bond acceptors (Lipinski definition) is 3. The highest BCUT2D eigenvalue weighted by Gasteiger charge is 2.26. The van der Waals surface area contributed by atoms with Gasteiger partial charge in [0.2, 0.25) is 5.91 Å². The van der Waals surface area contributed by atoms with Gasteiger partial charge in [-0.15, -0.1) is 0 Å². The summed E-state index contributed by atoms with van der Waals surface area (Å²) in [5.74, 6) is 0.192. The van der Waals surface area contributed by atoms with Crippen LogP contribution in [0.1, 0.15) is 26.3 Å². The average Bonchev–Trinajstić information content (AvgIpc) is 2.69. The minimum absolute atomic E-state index is 0.216. The molecule has 1 atom stereocenters. The Labute approximate surface area is 181 Å². The van der Waals surface area contributed by atoms with Crippen LogP contribution in [0.2, 0.25) is 10.0 Å². The summed E-state index contributed by atoms with van der Waals surface area (Å²) in [7, 11) is 0. The summed E-state index contributed by atoms with van der Waals surface area (Å²) < 4.78 is 5.59. The van der Waals surface area contributed by atoms with Crippen LogP contribution < -0.4 is 10.1 Å². The molecule has 2 aromatic rings. The summed E-state index contributed by atoms with van der Waals surface area (Å²) in [6.45, 7) is 6.27. The topological polar surface area (TPSA) is 58.6 Å². The van der Waals surface area contributed by atoms with Crippen LogP contribution in [0.4, 0.5) is 0 Å². The maximum Gasteiger partial charge on any atom is 0.261 e. The minimum atomic E-state index is -0.671. The molecule has 5 nitrogen and oxygen atoms in total. The maximum absolute atomic E-state index is 12.9. The van der Waals surface area contributed by atoms with Gasteiger partial charge in [0.05, 0.1) is 5.02 Å². The molecule has 0 saturated carbocycles. The largest absolute Gasteiger partial charge is 0.482 e. The first-order chi connectivity index (χ1) is 13.8. The summed E-state index contributed by atoms with van der Waals surface area (Å²) >= 11 is 12.2. The van der Waals surface area contributed by atoms with Crippen LogP contribution in [0.3, 0.4) is 0 Å². The number of nitrogens with one attached hydrogen (secondary N) is 1. The van der Waals surface area contributed by atoms with E-state index >= 15 is 0 Å². The van der Waals surface area contributed by atoms with E-state index in [0.29, 0.717) is 28.3 Å². The van der Waals surface area contributed by atoms with E-state index in [2.05, 4.69) is 5.32 Å². The SMILES string of the molecule is CC(C)CNC(=O)[C@H](C)N(Cc1cccc(Cl)c1)C(=O)COc1ccccc1Cl. The Morgan fingerprint density at radius 1 is 1.07 bits per heavy atom. The lowest BCUT2D eigenvalue weighted by Gasteiger charge is -2.29. The molecule has 0 aliphatic heterocycles. The molecule has 0 radical (unpaired) electrons. The number of benzene rings is 2. The maximum atomic E-state index is 12.9. The monoisotopic (exact) mass is 436 g/mol. The van der Waals surface area contributed by atoms with Gasteiger partial charge in [0, 0.05) is 18.1 Å². The van der Waals surface area contributed by atoms with Crippen molar-refractivity contribution in [3.8, 4) is 5.75 Å². The van der Waals surface area contributed by atoms with Gasteiger partial charge >= 0.3 is 0 Å². The number of ether oxygens (including phenoxy) is 1. The predicted molar refractivity (Wildman–Crippen MR) is 116 cm³/mol. The fourth-order valence-electron chi connectivity index (χ4n) is 2.65. The molecule has 0 unspecified atom stereocenters. The second-order valence-corrected chi connectivity index (χ2v) is 8.03. The standard InChI is InChI=1S/C22H26Cl2N2O3/c1-15(2)12-25-22(28)16(3)26(13-17-7-6-8-18(23)11-17)21(27)14-29-20-10-5-4-9-19(20)24/h4-11,15-16H,12-14H2,1-3H3,(H,25,28)/t16-/m0/s1. The van der Waals surface area contributed by atoms with E-state index in [1.165, 1.54) is 4.90 Å². The van der Waals surface area contributed by atoms with Gasteiger partial charge in [-0.1, -0.05) is 61.3 Å². The molecule has 0 aliphatic rings. The Morgan fingerprint density at radius 2 is 1.79 bits per heavy atom. The molecule has 0 saturated heterocycles. The van der Waals surface area contributed by atoms with Crippen LogP contribution in [0.15, 0.2) is 48.5 Å². The summed E-state index contributed by atoms with van der Waals surface area (Å²) in [4.78, 5) is 27.0. The second-order valence-electron chi connectivity index (χ2n) is 7.19. The van der Waals surface area contributed by atoms with E-state index in [-0.39, 0.29) is 25.0 Å². The molecular formula is C22H26Cl2N2O3. The summed E-state index contributed by atoms with van der Waals surface area (Å²) in [6, 6.07) is 13.5. The van der Waals surface area contributed by atoms with Gasteiger partial charge in [0.15, 0.2) is 6.61 Å². The van der Waals surface area contributed by atoms with Crippen molar-refractivity contribution in [2.45, 2.75) is 33.4 Å². The highest BCUT2D eigenvalue weighted by atomic mass is 35.5. The molecule has 7 heteroatoms. The molecule has 156 valence electrons. The molecule has 1 N–H and O–H groups in total. The molecular weight excluding hydrogens is 411 g/mol. The molecule has 0 fully saturated rings. The van der Waals surface area contributed by atoms with Crippen molar-refractivity contribution < 1.29 is 14.3 Å². The van der Waals surface area contributed by atoms with E-state index in [1.807, 2.05) is 26.0 Å². The third kappa shape index (κ3) is 7.26. The molecule has 0 bridgehead atoms. The molecule has 0 aromatic heterocycles. The summed E-state index contributed by atoms with van der Waals surface area (Å²) in [5.41, 5.74) is 0.826. The smallest absolute Gasteiger partial charge is 0.261 e. The third-order valence-electron chi connectivity index (χ3n) is 4.28. The number of rotatable bonds is 9. The van der Waals surface area contributed by atoms with E-state index in [4.69, 9.17) is 27.9 Å². The van der Waals surface area contributed by atoms with Crippen LogP contribution in [-0.2, 0) is 16.1 Å². The van der Waals surface area contributed by atoms with Crippen molar-refractivity contribution in [1.82, 2.24) is 10.2 Å². The fraction of sp³-hybridized carbons (Fsp3) is 0.364. The van der Waals surface area contributed by atoms with Crippen LogP contribution >= 0.6 is 23.2 Å². The van der Waals surface area contributed by atoms with Crippen molar-refractivity contribution in [3.05, 3.63) is 64.1 Å². The Kier molecular flexibility index (Phi) is 8.80. The van der Waals surface area contributed by atoms with E-state index in [0.717, 1.165) is 5.56 Å². The van der Waals surface area contributed by atoms with Crippen LogP contribution in [0, 0.1) is 5.92 Å². The number of amides is 2. The van der Waals surface area contributed by atoms with Crippen LogP contribution in [-0.4, -0.2) is 35.9 Å². The Morgan fingerprint density at radius 3 is 2.45 bits per heavy atom. The summed E-state index contributed by atoms with van der Waals surface area (Å²) in [5, 5.41) is 3.87. The van der Waals surface area contributed by atoms with E-state index < -0.39 is 6.04 Å². The number of para-hydroxylation sites is 1. The zero-order valence-electron chi connectivity index (χ0n) is 16.8. The van der Waals surface area contributed by atoms with Crippen molar-refractivity contribution in [1.29, 1.82) is 0 Å². The van der Waals surface area contributed by atoms with Crippen molar-refractivity contribution in [2.75, 3.05) is 13.2 Å². The first kappa shape index (κ1) is 23.0.